The molecule has 0 unspecified atom stereocenters. The largest absolute Gasteiger partial charge is 0.438 e. The molecule has 1 aliphatic heterocycles. The lowest BCUT2D eigenvalue weighted by Gasteiger charge is -2.30. The number of nitrogens with one attached hydrogen (secondary N) is 1. The molecular formula is C18H18BrN5O3S. The molecule has 1 fully saturated rings. The summed E-state index contributed by atoms with van der Waals surface area (Å²) in [5, 5.41) is 9.05. The number of piperidine rings is 1. The molecule has 1 amide bonds. The molecule has 8 nitrogen and oxygen atoms in total. The number of carbonyl (C=O) groups is 1. The minimum Gasteiger partial charge on any atom is -0.387 e. The van der Waals surface area contributed by atoms with Crippen LogP contribution in [0.4, 0.5) is 5.82 Å². The molecule has 0 spiro atoms. The Morgan fingerprint density at radius 3 is 2.82 bits per heavy atom. The highest BCUT2D eigenvalue weighted by atomic mass is 79.9. The van der Waals surface area contributed by atoms with Gasteiger partial charge in [0.15, 0.2) is 0 Å². The quantitative estimate of drug-likeness (QED) is 0.624. The smallest absolute Gasteiger partial charge is 0.387 e. The van der Waals surface area contributed by atoms with E-state index >= 15 is 0 Å². The Balaban J connectivity index is 1.31. The summed E-state index contributed by atoms with van der Waals surface area (Å²) in [6.45, 7) is 1.77. The first-order chi connectivity index (χ1) is 13.6. The first-order valence-corrected chi connectivity index (χ1v) is 10.5. The van der Waals surface area contributed by atoms with Crippen LogP contribution in [-0.4, -0.2) is 38.7 Å². The van der Waals surface area contributed by atoms with Crippen molar-refractivity contribution in [3.63, 3.8) is 0 Å². The lowest BCUT2D eigenvalue weighted by molar-refractivity contribution is -0.121. The third kappa shape index (κ3) is 4.40. The fourth-order valence-electron chi connectivity index (χ4n) is 3.10. The van der Waals surface area contributed by atoms with Crippen molar-refractivity contribution in [1.29, 1.82) is 0 Å². The molecule has 0 radical (unpaired) electrons. The highest BCUT2D eigenvalue weighted by Gasteiger charge is 2.26. The second kappa shape index (κ2) is 8.38. The van der Waals surface area contributed by atoms with Crippen LogP contribution in [0.25, 0.3) is 10.8 Å². The number of halogens is 1. The molecule has 146 valence electrons. The van der Waals surface area contributed by atoms with Gasteiger partial charge in [-0.05, 0) is 52.4 Å². The normalized spacial score (nSPS) is 15.6. The third-order valence-electron chi connectivity index (χ3n) is 4.61. The molecule has 1 saturated heterocycles. The van der Waals surface area contributed by atoms with Crippen molar-refractivity contribution in [2.75, 3.05) is 18.4 Å². The highest BCUT2D eigenvalue weighted by molar-refractivity contribution is 9.10. The molecule has 4 rings (SSSR count). The van der Waals surface area contributed by atoms with Crippen LogP contribution >= 0.6 is 27.3 Å². The molecule has 28 heavy (non-hydrogen) atoms. The summed E-state index contributed by atoms with van der Waals surface area (Å²) in [4.78, 5) is 31.6. The lowest BCUT2D eigenvalue weighted by Crippen LogP contribution is -2.40. The van der Waals surface area contributed by atoms with Crippen LogP contribution in [0.3, 0.4) is 0 Å². The molecule has 0 atom stereocenters. The second-order valence-corrected chi connectivity index (χ2v) is 8.40. The van der Waals surface area contributed by atoms with Crippen LogP contribution in [0, 0.1) is 5.92 Å². The Labute approximate surface area is 173 Å². The lowest BCUT2D eigenvalue weighted by atomic mass is 9.96. The van der Waals surface area contributed by atoms with Crippen LogP contribution < -0.4 is 11.1 Å². The molecular weight excluding hydrogens is 446 g/mol. The number of nitrogens with zero attached hydrogens (tertiary/aromatic N) is 4. The Kier molecular flexibility index (Phi) is 5.69. The Morgan fingerprint density at radius 1 is 1.32 bits per heavy atom. The molecule has 1 N–H and O–H groups in total. The summed E-state index contributed by atoms with van der Waals surface area (Å²) >= 11 is 4.80. The fraction of sp³-hybridized carbons (Fsp3) is 0.333. The first-order valence-electron chi connectivity index (χ1n) is 8.85. The number of anilines is 1. The van der Waals surface area contributed by atoms with Crippen molar-refractivity contribution in [2.24, 2.45) is 5.92 Å². The molecule has 3 aromatic heterocycles. The first kappa shape index (κ1) is 19.0. The number of carbonyl (C=O) groups excluding carboxylic acids is 1. The summed E-state index contributed by atoms with van der Waals surface area (Å²) in [5.41, 5.74) is 0. The SMILES string of the molecule is O=C(Nc1ccc(Br)cn1)C1CCN(Cn2nc(-c3cccs3)oc2=O)CC1. The molecule has 10 heteroatoms. The molecule has 0 bridgehead atoms. The van der Waals surface area contributed by atoms with E-state index in [1.807, 2.05) is 23.6 Å². The number of likely N-dealkylation sites (tertiary alicyclic amines) is 1. The number of amides is 1. The molecule has 0 aromatic carbocycles. The number of pyridine rings is 1. The molecule has 3 aromatic rings. The van der Waals surface area contributed by atoms with E-state index in [1.165, 1.54) is 16.0 Å². The van der Waals surface area contributed by atoms with Gasteiger partial charge in [0.2, 0.25) is 5.91 Å². The maximum atomic E-state index is 12.4. The van der Waals surface area contributed by atoms with Crippen LogP contribution in [0.15, 0.2) is 49.5 Å². The van der Waals surface area contributed by atoms with Gasteiger partial charge in [0, 0.05) is 29.7 Å². The molecule has 0 saturated carbocycles. The predicted molar refractivity (Wildman–Crippen MR) is 109 cm³/mol. The van der Waals surface area contributed by atoms with Crippen molar-refractivity contribution in [3.05, 3.63) is 50.9 Å². The van der Waals surface area contributed by atoms with Gasteiger partial charge in [-0.25, -0.2) is 9.78 Å². The zero-order chi connectivity index (χ0) is 19.5. The number of rotatable bonds is 5. The predicted octanol–water partition coefficient (Wildman–Crippen LogP) is 3.03. The van der Waals surface area contributed by atoms with Crippen LogP contribution in [-0.2, 0) is 11.5 Å². The second-order valence-electron chi connectivity index (χ2n) is 6.53. The standard InChI is InChI=1S/C18H18BrN5O3S/c19-13-3-4-15(20-10-13)21-16(25)12-5-7-23(8-6-12)11-24-18(26)27-17(22-24)14-2-1-9-28-14/h1-4,9-10,12H,5-8,11H2,(H,20,21,25). The monoisotopic (exact) mass is 463 g/mol. The molecule has 4 heterocycles. The van der Waals surface area contributed by atoms with Gasteiger partial charge in [0.05, 0.1) is 4.88 Å². The zero-order valence-corrected chi connectivity index (χ0v) is 17.3. The topological polar surface area (TPSA) is 93.3 Å². The van der Waals surface area contributed by atoms with Gasteiger partial charge < -0.3 is 9.73 Å². The van der Waals surface area contributed by atoms with E-state index in [9.17, 15) is 9.59 Å². The van der Waals surface area contributed by atoms with Crippen molar-refractivity contribution < 1.29 is 9.21 Å². The minimum absolute atomic E-state index is 0.0203. The summed E-state index contributed by atoms with van der Waals surface area (Å²) in [6, 6.07) is 7.36. The van der Waals surface area contributed by atoms with Gasteiger partial charge in [0.25, 0.3) is 5.89 Å². The Morgan fingerprint density at radius 2 is 2.14 bits per heavy atom. The highest BCUT2D eigenvalue weighted by Crippen LogP contribution is 2.22. The average molecular weight is 464 g/mol. The van der Waals surface area contributed by atoms with Crippen molar-refractivity contribution in [2.45, 2.75) is 19.5 Å². The van der Waals surface area contributed by atoms with Gasteiger partial charge in [-0.3, -0.25) is 9.69 Å². The Hall–Kier alpha value is -2.30. The van der Waals surface area contributed by atoms with Crippen LogP contribution in [0.5, 0.6) is 0 Å². The number of thiophene rings is 1. The van der Waals surface area contributed by atoms with E-state index in [4.69, 9.17) is 4.42 Å². The van der Waals surface area contributed by atoms with Crippen molar-refractivity contribution in [3.8, 4) is 10.8 Å². The number of aromatic nitrogens is 3. The maximum Gasteiger partial charge on any atom is 0.438 e. The molecule has 0 aliphatic carbocycles. The van der Waals surface area contributed by atoms with E-state index in [0.29, 0.717) is 44.3 Å². The van der Waals surface area contributed by atoms with Gasteiger partial charge in [-0.15, -0.1) is 16.4 Å². The van der Waals surface area contributed by atoms with Gasteiger partial charge in [-0.2, -0.15) is 4.68 Å². The van der Waals surface area contributed by atoms with Gasteiger partial charge in [-0.1, -0.05) is 6.07 Å². The fourth-order valence-corrected chi connectivity index (χ4v) is 3.98. The van der Waals surface area contributed by atoms with Crippen LogP contribution in [0.2, 0.25) is 0 Å². The van der Waals surface area contributed by atoms with E-state index < -0.39 is 5.76 Å². The van der Waals surface area contributed by atoms with E-state index in [2.05, 4.69) is 36.2 Å². The Bertz CT molecular complexity index is 991. The van der Waals surface area contributed by atoms with E-state index in [-0.39, 0.29) is 11.8 Å². The third-order valence-corrected chi connectivity index (χ3v) is 5.94. The molecule has 1 aliphatic rings. The van der Waals surface area contributed by atoms with E-state index in [0.717, 1.165) is 9.35 Å². The van der Waals surface area contributed by atoms with Crippen molar-refractivity contribution >= 4 is 39.0 Å². The number of hydrogen-bond donors (Lipinski definition) is 1. The maximum absolute atomic E-state index is 12.4. The average Bonchev–Trinajstić information content (AvgIpc) is 3.35. The zero-order valence-electron chi connectivity index (χ0n) is 14.9. The van der Waals surface area contributed by atoms with Crippen LogP contribution in [0.1, 0.15) is 12.8 Å². The summed E-state index contributed by atoms with van der Waals surface area (Å²) in [5.74, 6) is 0.331. The summed E-state index contributed by atoms with van der Waals surface area (Å²) in [6.07, 6.45) is 3.08. The number of hydrogen-bond acceptors (Lipinski definition) is 7. The summed E-state index contributed by atoms with van der Waals surface area (Å²) in [7, 11) is 0. The summed E-state index contributed by atoms with van der Waals surface area (Å²) < 4.78 is 7.44. The van der Waals surface area contributed by atoms with Gasteiger partial charge >= 0.3 is 5.76 Å². The minimum atomic E-state index is -0.468. The van der Waals surface area contributed by atoms with Crippen molar-refractivity contribution in [1.82, 2.24) is 19.7 Å². The van der Waals surface area contributed by atoms with Gasteiger partial charge in [0.1, 0.15) is 12.5 Å². The van der Waals surface area contributed by atoms with E-state index in [1.54, 1.807) is 12.3 Å².